The van der Waals surface area contributed by atoms with Crippen molar-refractivity contribution in [3.63, 3.8) is 0 Å². The molecule has 0 fully saturated rings. The minimum atomic E-state index is 0.00158. The van der Waals surface area contributed by atoms with Crippen LogP contribution in [0.1, 0.15) is 113 Å². The van der Waals surface area contributed by atoms with Crippen LogP contribution < -0.4 is 14.5 Å². The fraction of sp³-hybridized carbons (Fsp3) is 0.281. The van der Waals surface area contributed by atoms with Crippen molar-refractivity contribution in [1.29, 1.82) is 0 Å². The fourth-order valence-corrected chi connectivity index (χ4v) is 10.1. The summed E-state index contributed by atoms with van der Waals surface area (Å²) >= 11 is 0. The van der Waals surface area contributed by atoms with Gasteiger partial charge in [-0.3, -0.25) is 4.57 Å². The maximum Gasteiger partial charge on any atom is 0.137 e. The number of benzene rings is 6. The summed E-state index contributed by atoms with van der Waals surface area (Å²) in [6, 6.07) is 44.6. The normalized spacial score (nSPS) is 14.9. The summed E-state index contributed by atoms with van der Waals surface area (Å²) in [6.07, 6.45) is 1.93. The van der Waals surface area contributed by atoms with E-state index in [1.54, 1.807) is 0 Å². The molecular weight excluding hydrogens is 757 g/mol. The molecule has 2 aliphatic rings. The van der Waals surface area contributed by atoms with E-state index in [1.165, 1.54) is 77.9 Å². The van der Waals surface area contributed by atoms with Gasteiger partial charge in [0.15, 0.2) is 0 Å². The molecule has 5 nitrogen and oxygen atoms in total. The Morgan fingerprint density at radius 3 is 2.08 bits per heavy atom. The van der Waals surface area contributed by atoms with Crippen LogP contribution in [0.5, 0.6) is 11.5 Å². The second-order valence-electron chi connectivity index (χ2n) is 20.1. The number of ether oxygens (including phenoxy) is 1. The molecule has 62 heavy (non-hydrogen) atoms. The van der Waals surface area contributed by atoms with Crippen molar-refractivity contribution >= 4 is 44.6 Å². The van der Waals surface area contributed by atoms with E-state index >= 15 is 0 Å². The molecule has 0 radical (unpaired) electrons. The molecule has 0 aliphatic carbocycles. The highest BCUT2D eigenvalue weighted by atomic mass is 16.5. The maximum atomic E-state index is 6.78. The highest BCUT2D eigenvalue weighted by Crippen LogP contribution is 2.57. The van der Waals surface area contributed by atoms with Crippen LogP contribution in [0.4, 0.5) is 22.7 Å². The molecule has 2 aromatic heterocycles. The van der Waals surface area contributed by atoms with Gasteiger partial charge in [-0.15, -0.1) is 0 Å². The number of nitrogens with zero attached hydrogens (tertiary/aromatic N) is 4. The quantitative estimate of drug-likeness (QED) is 0.167. The number of hydrogen-bond donors (Lipinski definition) is 0. The largest absolute Gasteiger partial charge is 0.457 e. The summed E-state index contributed by atoms with van der Waals surface area (Å²) < 4.78 is 9.05. The van der Waals surface area contributed by atoms with E-state index in [2.05, 4.69) is 212 Å². The Morgan fingerprint density at radius 1 is 0.629 bits per heavy atom. The summed E-state index contributed by atoms with van der Waals surface area (Å²) in [5.74, 6) is 3.08. The number of anilines is 4. The lowest BCUT2D eigenvalue weighted by Gasteiger charge is -2.36. The zero-order chi connectivity index (χ0) is 43.4. The number of aromatic nitrogens is 2. The van der Waals surface area contributed by atoms with E-state index < -0.39 is 0 Å². The molecule has 0 amide bonds. The van der Waals surface area contributed by atoms with E-state index in [0.717, 1.165) is 40.7 Å². The van der Waals surface area contributed by atoms with Crippen molar-refractivity contribution in [2.24, 2.45) is 0 Å². The van der Waals surface area contributed by atoms with Gasteiger partial charge >= 0.3 is 0 Å². The number of fused-ring (bicyclic) bond motifs is 5. The van der Waals surface area contributed by atoms with Crippen molar-refractivity contribution in [3.05, 3.63) is 166 Å². The second-order valence-corrected chi connectivity index (χ2v) is 20.1. The minimum absolute atomic E-state index is 0.00158. The molecule has 0 spiro atoms. The lowest BCUT2D eigenvalue weighted by molar-refractivity contribution is 0.483. The first-order valence-corrected chi connectivity index (χ1v) is 22.3. The number of pyridine rings is 1. The van der Waals surface area contributed by atoms with E-state index in [1.807, 2.05) is 6.20 Å². The molecule has 2 aliphatic heterocycles. The smallest absolute Gasteiger partial charge is 0.137 e. The number of hydrogen-bond acceptors (Lipinski definition) is 4. The number of rotatable bonds is 6. The van der Waals surface area contributed by atoms with E-state index in [0.29, 0.717) is 5.92 Å². The van der Waals surface area contributed by atoms with E-state index in [4.69, 9.17) is 9.72 Å². The Kier molecular flexibility index (Phi) is 9.22. The first kappa shape index (κ1) is 39.8. The third kappa shape index (κ3) is 6.47. The summed E-state index contributed by atoms with van der Waals surface area (Å²) in [6.45, 7) is 26.0. The minimum Gasteiger partial charge on any atom is -0.457 e. The van der Waals surface area contributed by atoms with Crippen LogP contribution in [0.2, 0.25) is 0 Å². The van der Waals surface area contributed by atoms with Gasteiger partial charge in [0.2, 0.25) is 0 Å². The van der Waals surface area contributed by atoms with E-state index in [-0.39, 0.29) is 16.7 Å². The van der Waals surface area contributed by atoms with Gasteiger partial charge < -0.3 is 14.5 Å². The van der Waals surface area contributed by atoms with Gasteiger partial charge in [-0.25, -0.2) is 4.98 Å². The zero-order valence-corrected chi connectivity index (χ0v) is 38.2. The molecule has 1 atom stereocenters. The number of para-hydroxylation sites is 2. The second kappa shape index (κ2) is 14.4. The van der Waals surface area contributed by atoms with Crippen molar-refractivity contribution < 1.29 is 4.74 Å². The molecule has 0 saturated heterocycles. The summed E-state index contributed by atoms with van der Waals surface area (Å²) in [5, 5.41) is 2.37. The van der Waals surface area contributed by atoms with Gasteiger partial charge in [-0.1, -0.05) is 111 Å². The third-order valence-electron chi connectivity index (χ3n) is 13.4. The highest BCUT2D eigenvalue weighted by Gasteiger charge is 2.39. The summed E-state index contributed by atoms with van der Waals surface area (Å²) in [5.41, 5.74) is 19.5. The fourth-order valence-electron chi connectivity index (χ4n) is 10.1. The molecule has 1 unspecified atom stereocenters. The van der Waals surface area contributed by atoms with Gasteiger partial charge in [0.25, 0.3) is 0 Å². The predicted molar refractivity (Wildman–Crippen MR) is 261 cm³/mol. The van der Waals surface area contributed by atoms with Crippen LogP contribution in [0.3, 0.4) is 0 Å². The standard InChI is InChI=1S/C57H58N4O/c1-34(2)47-28-38(53-35(3)26-40(27-36(53)4)57(9,10)11)29-48-37(5)44-19-15-21-50-55(44)60(54(47)48)33-59(50)41-16-14-17-42(31-41)62-43-22-23-46-45-18-12-13-20-49(45)61(51(46)32-43)52-30-39(24-25-58-52)56(6,7)8/h12-32,34,37H,33H2,1-11H3. The number of aryl methyl sites for hydroxylation is 2. The van der Waals surface area contributed by atoms with E-state index in [9.17, 15) is 0 Å². The maximum absolute atomic E-state index is 6.78. The molecule has 6 aromatic carbocycles. The SMILES string of the molecule is Cc1cc(C(C)(C)C)cc(C)c1-c1cc(C(C)C)c2c(c1)C(C)c1cccc3c1N2CN3c1cccc(Oc2ccc3c4ccccc4n(-c4cc(C(C)(C)C)ccn4)c3c2)c1. The third-order valence-corrected chi connectivity index (χ3v) is 13.4. The highest BCUT2D eigenvalue weighted by molar-refractivity contribution is 6.09. The lowest BCUT2D eigenvalue weighted by Crippen LogP contribution is -2.28. The predicted octanol–water partition coefficient (Wildman–Crippen LogP) is 15.7. The molecule has 0 N–H and O–H groups in total. The van der Waals surface area contributed by atoms with Crippen molar-refractivity contribution in [2.75, 3.05) is 16.5 Å². The first-order valence-electron chi connectivity index (χ1n) is 22.3. The molecule has 5 heteroatoms. The van der Waals surface area contributed by atoms with Crippen molar-refractivity contribution in [3.8, 4) is 28.4 Å². The van der Waals surface area contributed by atoms with Crippen LogP contribution in [0.15, 0.2) is 128 Å². The van der Waals surface area contributed by atoms with Gasteiger partial charge in [0.05, 0.1) is 28.1 Å². The average molecular weight is 815 g/mol. The monoisotopic (exact) mass is 814 g/mol. The molecule has 312 valence electrons. The Hall–Kier alpha value is -6.33. The molecule has 4 heterocycles. The van der Waals surface area contributed by atoms with Crippen LogP contribution >= 0.6 is 0 Å². The molecule has 0 bridgehead atoms. The Labute approximate surface area is 367 Å². The Balaban J connectivity index is 1.02. The van der Waals surface area contributed by atoms with Crippen LogP contribution in [-0.4, -0.2) is 16.2 Å². The van der Waals surface area contributed by atoms with Gasteiger partial charge in [-0.05, 0) is 141 Å². The Bertz CT molecular complexity index is 3060. The van der Waals surface area contributed by atoms with Crippen molar-refractivity contribution in [2.45, 2.75) is 98.8 Å². The summed E-state index contributed by atoms with van der Waals surface area (Å²) in [4.78, 5) is 9.93. The molecule has 8 aromatic rings. The lowest BCUT2D eigenvalue weighted by atomic mass is 9.79. The van der Waals surface area contributed by atoms with Gasteiger partial charge in [0.1, 0.15) is 24.0 Å². The average Bonchev–Trinajstić information content (AvgIpc) is 3.78. The summed E-state index contributed by atoms with van der Waals surface area (Å²) in [7, 11) is 0. The van der Waals surface area contributed by atoms with Gasteiger partial charge in [-0.2, -0.15) is 0 Å². The van der Waals surface area contributed by atoms with Crippen LogP contribution in [0.25, 0.3) is 38.8 Å². The molecular formula is C57H58N4O. The van der Waals surface area contributed by atoms with Crippen LogP contribution in [-0.2, 0) is 10.8 Å². The van der Waals surface area contributed by atoms with Crippen molar-refractivity contribution in [1.82, 2.24) is 9.55 Å². The topological polar surface area (TPSA) is 33.5 Å². The Morgan fingerprint density at radius 2 is 1.34 bits per heavy atom. The molecule has 0 saturated carbocycles. The zero-order valence-electron chi connectivity index (χ0n) is 38.2. The van der Waals surface area contributed by atoms with Crippen LogP contribution in [0, 0.1) is 13.8 Å². The van der Waals surface area contributed by atoms with Gasteiger partial charge in [0, 0.05) is 40.7 Å². The molecule has 10 rings (SSSR count). The first-order chi connectivity index (χ1) is 29.6.